The maximum absolute atomic E-state index is 6.22. The molecule has 1 fully saturated rings. The molecule has 1 aromatic heterocycles. The largest absolute Gasteiger partial charge is 0.324 e. The molecule has 0 aliphatic heterocycles. The number of fused-ring (bicyclic) bond motifs is 1. The van der Waals surface area contributed by atoms with Crippen molar-refractivity contribution >= 4 is 0 Å². The molecule has 2 aliphatic carbocycles. The SMILES string of the molecule is CC1CCCC(c2ncc3c(n2)CCCCC3N)C1. The van der Waals surface area contributed by atoms with Crippen molar-refractivity contribution in [3.05, 3.63) is 23.3 Å². The summed E-state index contributed by atoms with van der Waals surface area (Å²) in [6.07, 6.45) is 11.8. The van der Waals surface area contributed by atoms with Gasteiger partial charge in [0.15, 0.2) is 0 Å². The first-order chi connectivity index (χ1) is 9.24. The molecule has 104 valence electrons. The van der Waals surface area contributed by atoms with Gasteiger partial charge in [0.25, 0.3) is 0 Å². The summed E-state index contributed by atoms with van der Waals surface area (Å²) in [5, 5.41) is 0. The van der Waals surface area contributed by atoms with E-state index in [4.69, 9.17) is 10.7 Å². The van der Waals surface area contributed by atoms with Crippen LogP contribution in [0.2, 0.25) is 0 Å². The van der Waals surface area contributed by atoms with Crippen LogP contribution in [0, 0.1) is 5.92 Å². The van der Waals surface area contributed by atoms with Crippen LogP contribution in [0.4, 0.5) is 0 Å². The van der Waals surface area contributed by atoms with Gasteiger partial charge >= 0.3 is 0 Å². The molecule has 3 nitrogen and oxygen atoms in total. The molecule has 0 aromatic carbocycles. The van der Waals surface area contributed by atoms with Crippen LogP contribution in [-0.2, 0) is 6.42 Å². The molecule has 0 bridgehead atoms. The lowest BCUT2D eigenvalue weighted by atomic mass is 9.82. The van der Waals surface area contributed by atoms with Crippen LogP contribution in [0.1, 0.15) is 80.9 Å². The Labute approximate surface area is 116 Å². The van der Waals surface area contributed by atoms with Crippen LogP contribution >= 0.6 is 0 Å². The van der Waals surface area contributed by atoms with Gasteiger partial charge in [-0.1, -0.05) is 26.2 Å². The lowest BCUT2D eigenvalue weighted by Crippen LogP contribution is -2.17. The Morgan fingerprint density at radius 1 is 1.16 bits per heavy atom. The van der Waals surface area contributed by atoms with Crippen molar-refractivity contribution in [2.24, 2.45) is 11.7 Å². The monoisotopic (exact) mass is 259 g/mol. The molecule has 0 radical (unpaired) electrons. The number of hydrogen-bond donors (Lipinski definition) is 1. The fourth-order valence-corrected chi connectivity index (χ4v) is 3.63. The first-order valence-electron chi connectivity index (χ1n) is 7.85. The zero-order valence-corrected chi connectivity index (χ0v) is 11.9. The summed E-state index contributed by atoms with van der Waals surface area (Å²) in [7, 11) is 0. The molecule has 1 aromatic rings. The standard InChI is InChI=1S/C16H25N3/c1-11-5-4-6-12(9-11)16-18-10-13-14(17)7-2-3-8-15(13)19-16/h10-12,14H,2-9,17H2,1H3. The number of hydrogen-bond acceptors (Lipinski definition) is 3. The van der Waals surface area contributed by atoms with Gasteiger partial charge in [-0.3, -0.25) is 0 Å². The zero-order chi connectivity index (χ0) is 13.2. The Bertz CT molecular complexity index is 444. The highest BCUT2D eigenvalue weighted by atomic mass is 14.9. The summed E-state index contributed by atoms with van der Waals surface area (Å²) in [6.45, 7) is 2.35. The maximum atomic E-state index is 6.22. The van der Waals surface area contributed by atoms with Crippen LogP contribution in [0.15, 0.2) is 6.20 Å². The molecule has 1 saturated carbocycles. The summed E-state index contributed by atoms with van der Waals surface area (Å²) >= 11 is 0. The smallest absolute Gasteiger partial charge is 0.131 e. The average Bonchev–Trinajstić information content (AvgIpc) is 2.60. The quantitative estimate of drug-likeness (QED) is 0.785. The Hall–Kier alpha value is -0.960. The van der Waals surface area contributed by atoms with Gasteiger partial charge in [-0.25, -0.2) is 9.97 Å². The highest BCUT2D eigenvalue weighted by Gasteiger charge is 2.24. The van der Waals surface area contributed by atoms with Crippen molar-refractivity contribution in [2.75, 3.05) is 0 Å². The molecule has 3 atom stereocenters. The minimum atomic E-state index is 0.150. The van der Waals surface area contributed by atoms with E-state index in [1.165, 1.54) is 49.8 Å². The number of aromatic nitrogens is 2. The molecule has 1 heterocycles. The zero-order valence-electron chi connectivity index (χ0n) is 11.9. The van der Waals surface area contributed by atoms with Gasteiger partial charge in [-0.15, -0.1) is 0 Å². The van der Waals surface area contributed by atoms with Crippen molar-refractivity contribution < 1.29 is 0 Å². The third-order valence-electron chi connectivity index (χ3n) is 4.80. The molecule has 3 rings (SSSR count). The maximum Gasteiger partial charge on any atom is 0.131 e. The Balaban J connectivity index is 1.86. The molecule has 0 saturated heterocycles. The van der Waals surface area contributed by atoms with Crippen molar-refractivity contribution in [1.29, 1.82) is 0 Å². The first-order valence-corrected chi connectivity index (χ1v) is 7.85. The van der Waals surface area contributed by atoms with Crippen LogP contribution in [0.3, 0.4) is 0 Å². The second-order valence-corrected chi connectivity index (χ2v) is 6.45. The van der Waals surface area contributed by atoms with Gasteiger partial charge in [0.05, 0.1) is 0 Å². The minimum Gasteiger partial charge on any atom is -0.324 e. The molecular formula is C16H25N3. The van der Waals surface area contributed by atoms with E-state index in [0.717, 1.165) is 24.6 Å². The van der Waals surface area contributed by atoms with E-state index in [2.05, 4.69) is 11.9 Å². The minimum absolute atomic E-state index is 0.150. The van der Waals surface area contributed by atoms with E-state index >= 15 is 0 Å². The van der Waals surface area contributed by atoms with E-state index in [0.29, 0.717) is 5.92 Å². The molecule has 0 amide bonds. The highest BCUT2D eigenvalue weighted by Crippen LogP contribution is 2.35. The molecule has 3 heteroatoms. The molecule has 2 N–H and O–H groups in total. The van der Waals surface area contributed by atoms with E-state index in [-0.39, 0.29) is 6.04 Å². The first kappa shape index (κ1) is 13.0. The third kappa shape index (κ3) is 2.81. The van der Waals surface area contributed by atoms with Gasteiger partial charge in [0.2, 0.25) is 0 Å². The van der Waals surface area contributed by atoms with Gasteiger partial charge in [-0.2, -0.15) is 0 Å². The second-order valence-electron chi connectivity index (χ2n) is 6.45. The van der Waals surface area contributed by atoms with E-state index < -0.39 is 0 Å². The van der Waals surface area contributed by atoms with Crippen LogP contribution in [0.25, 0.3) is 0 Å². The predicted octanol–water partition coefficient (Wildman–Crippen LogP) is 3.50. The number of aryl methyl sites for hydroxylation is 1. The molecule has 3 unspecified atom stereocenters. The van der Waals surface area contributed by atoms with Gasteiger partial charge in [0, 0.05) is 29.4 Å². The topological polar surface area (TPSA) is 51.8 Å². The van der Waals surface area contributed by atoms with Gasteiger partial charge < -0.3 is 5.73 Å². The summed E-state index contributed by atoms with van der Waals surface area (Å²) in [6, 6.07) is 0.150. The van der Waals surface area contributed by atoms with Crippen molar-refractivity contribution in [1.82, 2.24) is 9.97 Å². The van der Waals surface area contributed by atoms with Gasteiger partial charge in [-0.05, 0) is 38.0 Å². The number of nitrogens with zero attached hydrogens (tertiary/aromatic N) is 2. The summed E-state index contributed by atoms with van der Waals surface area (Å²) in [4.78, 5) is 9.54. The van der Waals surface area contributed by atoms with Gasteiger partial charge in [0.1, 0.15) is 5.82 Å². The second kappa shape index (κ2) is 5.58. The summed E-state index contributed by atoms with van der Waals surface area (Å²) < 4.78 is 0. The van der Waals surface area contributed by atoms with E-state index in [1.54, 1.807) is 0 Å². The molecular weight excluding hydrogens is 234 g/mol. The lowest BCUT2D eigenvalue weighted by Gasteiger charge is -2.26. The Kier molecular flexibility index (Phi) is 3.83. The highest BCUT2D eigenvalue weighted by molar-refractivity contribution is 5.23. The Morgan fingerprint density at radius 3 is 2.89 bits per heavy atom. The normalized spacial score (nSPS) is 31.6. The number of nitrogens with two attached hydrogens (primary N) is 1. The van der Waals surface area contributed by atoms with Crippen molar-refractivity contribution in [2.45, 2.75) is 70.3 Å². The van der Waals surface area contributed by atoms with Crippen molar-refractivity contribution in [3.63, 3.8) is 0 Å². The summed E-state index contributed by atoms with van der Waals surface area (Å²) in [5.41, 5.74) is 8.65. The summed E-state index contributed by atoms with van der Waals surface area (Å²) in [5.74, 6) is 2.48. The van der Waals surface area contributed by atoms with E-state index in [9.17, 15) is 0 Å². The molecule has 0 spiro atoms. The van der Waals surface area contributed by atoms with Crippen molar-refractivity contribution in [3.8, 4) is 0 Å². The molecule has 2 aliphatic rings. The van der Waals surface area contributed by atoms with Crippen LogP contribution in [-0.4, -0.2) is 9.97 Å². The predicted molar refractivity (Wildman–Crippen MR) is 76.9 cm³/mol. The Morgan fingerprint density at radius 2 is 2.05 bits per heavy atom. The lowest BCUT2D eigenvalue weighted by molar-refractivity contribution is 0.334. The van der Waals surface area contributed by atoms with Crippen LogP contribution < -0.4 is 5.73 Å². The fraction of sp³-hybridized carbons (Fsp3) is 0.750. The third-order valence-corrected chi connectivity index (χ3v) is 4.80. The fourth-order valence-electron chi connectivity index (χ4n) is 3.63. The van der Waals surface area contributed by atoms with Crippen LogP contribution in [0.5, 0.6) is 0 Å². The number of rotatable bonds is 1. The van der Waals surface area contributed by atoms with E-state index in [1.807, 2.05) is 6.20 Å². The molecule has 19 heavy (non-hydrogen) atoms. The average molecular weight is 259 g/mol.